The van der Waals surface area contributed by atoms with Crippen molar-refractivity contribution in [3.05, 3.63) is 35.4 Å². The number of ketones is 1. The van der Waals surface area contributed by atoms with Crippen molar-refractivity contribution in [2.24, 2.45) is 0 Å². The van der Waals surface area contributed by atoms with Gasteiger partial charge in [0.1, 0.15) is 0 Å². The summed E-state index contributed by atoms with van der Waals surface area (Å²) in [6, 6.07) is 8.65. The van der Waals surface area contributed by atoms with Crippen molar-refractivity contribution in [3.63, 3.8) is 0 Å². The predicted molar refractivity (Wildman–Crippen MR) is 85.8 cm³/mol. The van der Waals surface area contributed by atoms with Crippen LogP contribution in [0.4, 0.5) is 0 Å². The fraction of sp³-hybridized carbons (Fsp3) is 0.611. The van der Waals surface area contributed by atoms with E-state index in [9.17, 15) is 4.79 Å². The molecule has 1 aromatic rings. The average Bonchev–Trinajstić information content (AvgIpc) is 2.83. The number of fused-ring (bicyclic) bond motifs is 1. The summed E-state index contributed by atoms with van der Waals surface area (Å²) in [6.07, 6.45) is 3.79. The summed E-state index contributed by atoms with van der Waals surface area (Å²) in [4.78, 5) is 17.7. The van der Waals surface area contributed by atoms with Gasteiger partial charge in [0.05, 0.1) is 6.04 Å². The van der Waals surface area contributed by atoms with Crippen molar-refractivity contribution in [1.29, 1.82) is 0 Å². The molecule has 3 nitrogen and oxygen atoms in total. The lowest BCUT2D eigenvalue weighted by atomic mass is 10.0. The Morgan fingerprint density at radius 3 is 2.62 bits per heavy atom. The molecule has 2 saturated heterocycles. The standard InChI is InChI=1S/C18H26N2O/c1-14-6-8-16(9-7-14)18(21)15(2)20-12-4-11-19-10-3-5-17(19)13-20/h6-9,15,17H,3-5,10-13H2,1-2H3. The summed E-state index contributed by atoms with van der Waals surface area (Å²) in [7, 11) is 0. The zero-order valence-corrected chi connectivity index (χ0v) is 13.2. The van der Waals surface area contributed by atoms with E-state index in [0.29, 0.717) is 6.04 Å². The normalized spacial score (nSPS) is 25.3. The van der Waals surface area contributed by atoms with Crippen molar-refractivity contribution < 1.29 is 4.79 Å². The number of hydrogen-bond acceptors (Lipinski definition) is 3. The molecule has 2 aliphatic heterocycles. The van der Waals surface area contributed by atoms with E-state index >= 15 is 0 Å². The second-order valence-corrected chi connectivity index (χ2v) is 6.59. The highest BCUT2D eigenvalue weighted by Gasteiger charge is 2.32. The van der Waals surface area contributed by atoms with Crippen molar-refractivity contribution in [2.75, 3.05) is 26.2 Å². The third kappa shape index (κ3) is 3.19. The van der Waals surface area contributed by atoms with Gasteiger partial charge in [-0.3, -0.25) is 14.6 Å². The van der Waals surface area contributed by atoms with E-state index in [1.807, 2.05) is 24.3 Å². The van der Waals surface area contributed by atoms with Gasteiger partial charge >= 0.3 is 0 Å². The SMILES string of the molecule is Cc1ccc(C(=O)C(C)N2CCCN3CCCC3C2)cc1. The van der Waals surface area contributed by atoms with Gasteiger partial charge in [-0.2, -0.15) is 0 Å². The minimum Gasteiger partial charge on any atom is -0.299 e. The molecular weight excluding hydrogens is 260 g/mol. The minimum absolute atomic E-state index is 0.00624. The van der Waals surface area contributed by atoms with Crippen LogP contribution in [0, 0.1) is 6.92 Å². The molecule has 2 atom stereocenters. The molecule has 0 radical (unpaired) electrons. The molecule has 0 aliphatic carbocycles. The molecule has 0 spiro atoms. The fourth-order valence-electron chi connectivity index (χ4n) is 3.71. The van der Waals surface area contributed by atoms with Gasteiger partial charge in [0.15, 0.2) is 5.78 Å². The second-order valence-electron chi connectivity index (χ2n) is 6.59. The molecule has 2 heterocycles. The summed E-state index contributed by atoms with van der Waals surface area (Å²) >= 11 is 0. The predicted octanol–water partition coefficient (Wildman–Crippen LogP) is 2.74. The molecule has 0 amide bonds. The topological polar surface area (TPSA) is 23.6 Å². The van der Waals surface area contributed by atoms with E-state index < -0.39 is 0 Å². The number of aryl methyl sites for hydroxylation is 1. The summed E-state index contributed by atoms with van der Waals surface area (Å²) < 4.78 is 0. The highest BCUT2D eigenvalue weighted by Crippen LogP contribution is 2.23. The van der Waals surface area contributed by atoms with Crippen LogP contribution in [-0.2, 0) is 0 Å². The zero-order valence-electron chi connectivity index (χ0n) is 13.2. The lowest BCUT2D eigenvalue weighted by molar-refractivity contribution is 0.0827. The Kier molecular flexibility index (Phi) is 4.41. The smallest absolute Gasteiger partial charge is 0.179 e. The Labute approximate surface area is 127 Å². The lowest BCUT2D eigenvalue weighted by Gasteiger charge is -2.29. The van der Waals surface area contributed by atoms with Crippen molar-refractivity contribution >= 4 is 5.78 Å². The quantitative estimate of drug-likeness (QED) is 0.798. The summed E-state index contributed by atoms with van der Waals surface area (Å²) in [6.45, 7) is 8.68. The van der Waals surface area contributed by atoms with Gasteiger partial charge in [-0.1, -0.05) is 29.8 Å². The van der Waals surface area contributed by atoms with Crippen molar-refractivity contribution in [2.45, 2.75) is 45.2 Å². The molecule has 1 aromatic carbocycles. The lowest BCUT2D eigenvalue weighted by Crippen LogP contribution is -2.44. The molecule has 114 valence electrons. The van der Waals surface area contributed by atoms with Gasteiger partial charge in [0.25, 0.3) is 0 Å². The summed E-state index contributed by atoms with van der Waals surface area (Å²) in [5.74, 6) is 0.265. The molecule has 3 rings (SSSR count). The summed E-state index contributed by atoms with van der Waals surface area (Å²) in [5, 5.41) is 0. The van der Waals surface area contributed by atoms with Crippen molar-refractivity contribution in [3.8, 4) is 0 Å². The van der Waals surface area contributed by atoms with E-state index in [0.717, 1.165) is 18.7 Å². The number of carbonyl (C=O) groups is 1. The van der Waals surface area contributed by atoms with E-state index in [-0.39, 0.29) is 11.8 Å². The second kappa shape index (κ2) is 6.29. The first kappa shape index (κ1) is 14.7. The van der Waals surface area contributed by atoms with Crippen molar-refractivity contribution in [1.82, 2.24) is 9.80 Å². The largest absolute Gasteiger partial charge is 0.299 e. The molecule has 3 heteroatoms. The van der Waals surface area contributed by atoms with Gasteiger partial charge in [-0.05, 0) is 46.2 Å². The Morgan fingerprint density at radius 1 is 1.14 bits per heavy atom. The van der Waals surface area contributed by atoms with Crippen LogP contribution in [0.2, 0.25) is 0 Å². The van der Waals surface area contributed by atoms with Crippen LogP contribution in [0.5, 0.6) is 0 Å². The maximum Gasteiger partial charge on any atom is 0.179 e. The number of rotatable bonds is 3. The highest BCUT2D eigenvalue weighted by atomic mass is 16.1. The first-order valence-electron chi connectivity index (χ1n) is 8.24. The van der Waals surface area contributed by atoms with Crippen LogP contribution in [0.15, 0.2) is 24.3 Å². The number of Topliss-reactive ketones (excluding diaryl/α,β-unsaturated/α-hetero) is 1. The van der Waals surface area contributed by atoms with Gasteiger partial charge in [-0.15, -0.1) is 0 Å². The number of hydrogen-bond donors (Lipinski definition) is 0. The number of nitrogens with zero attached hydrogens (tertiary/aromatic N) is 2. The number of carbonyl (C=O) groups excluding carboxylic acids is 1. The third-order valence-electron chi connectivity index (χ3n) is 5.10. The van der Waals surface area contributed by atoms with Gasteiger partial charge in [0.2, 0.25) is 0 Å². The van der Waals surface area contributed by atoms with Crippen LogP contribution < -0.4 is 0 Å². The Bertz CT molecular complexity index is 496. The molecule has 2 unspecified atom stereocenters. The molecule has 0 aromatic heterocycles. The minimum atomic E-state index is -0.00624. The highest BCUT2D eigenvalue weighted by molar-refractivity contribution is 5.99. The van der Waals surface area contributed by atoms with E-state index in [4.69, 9.17) is 0 Å². The van der Waals surface area contributed by atoms with Crippen LogP contribution in [0.3, 0.4) is 0 Å². The third-order valence-corrected chi connectivity index (χ3v) is 5.10. The molecule has 0 bridgehead atoms. The summed E-state index contributed by atoms with van der Waals surface area (Å²) in [5.41, 5.74) is 2.05. The Morgan fingerprint density at radius 2 is 1.86 bits per heavy atom. The molecule has 0 N–H and O–H groups in total. The molecule has 21 heavy (non-hydrogen) atoms. The molecular formula is C18H26N2O. The van der Waals surface area contributed by atoms with Crippen LogP contribution in [-0.4, -0.2) is 53.8 Å². The van der Waals surface area contributed by atoms with Crippen LogP contribution in [0.1, 0.15) is 42.1 Å². The van der Waals surface area contributed by atoms with E-state index in [1.54, 1.807) is 0 Å². The Hall–Kier alpha value is -1.19. The van der Waals surface area contributed by atoms with Crippen LogP contribution >= 0.6 is 0 Å². The zero-order chi connectivity index (χ0) is 14.8. The maximum atomic E-state index is 12.7. The fourth-order valence-corrected chi connectivity index (χ4v) is 3.71. The Balaban J connectivity index is 1.70. The van der Waals surface area contributed by atoms with Gasteiger partial charge in [-0.25, -0.2) is 0 Å². The van der Waals surface area contributed by atoms with E-state index in [1.165, 1.54) is 37.9 Å². The van der Waals surface area contributed by atoms with Gasteiger partial charge < -0.3 is 0 Å². The first-order chi connectivity index (χ1) is 10.1. The molecule has 0 saturated carbocycles. The van der Waals surface area contributed by atoms with E-state index in [2.05, 4.69) is 23.6 Å². The first-order valence-corrected chi connectivity index (χ1v) is 8.24. The number of benzene rings is 1. The average molecular weight is 286 g/mol. The monoisotopic (exact) mass is 286 g/mol. The molecule has 2 aliphatic rings. The van der Waals surface area contributed by atoms with Gasteiger partial charge in [0, 0.05) is 24.7 Å². The molecule has 2 fully saturated rings. The van der Waals surface area contributed by atoms with Crippen LogP contribution in [0.25, 0.3) is 0 Å². The maximum absolute atomic E-state index is 12.7.